The van der Waals surface area contributed by atoms with Gasteiger partial charge in [0.1, 0.15) is 0 Å². The summed E-state index contributed by atoms with van der Waals surface area (Å²) < 4.78 is 0. The van der Waals surface area contributed by atoms with Crippen LogP contribution in [0, 0.1) is 0 Å². The molecule has 0 aromatic heterocycles. The Morgan fingerprint density at radius 2 is 1.89 bits per heavy atom. The lowest BCUT2D eigenvalue weighted by molar-refractivity contribution is -0.122. The van der Waals surface area contributed by atoms with Gasteiger partial charge in [-0.05, 0) is 32.2 Å². The second kappa shape index (κ2) is 10.7. The molecule has 19 heavy (non-hydrogen) atoms. The number of nitrogens with two attached hydrogens (primary N) is 3. The molecule has 0 aliphatic heterocycles. The van der Waals surface area contributed by atoms with E-state index in [0.717, 1.165) is 25.8 Å². The second-order valence-corrected chi connectivity index (χ2v) is 4.54. The molecule has 0 saturated carbocycles. The zero-order valence-corrected chi connectivity index (χ0v) is 11.7. The molecule has 7 heteroatoms. The molecule has 0 unspecified atom stereocenters. The Bertz CT molecular complexity index is 273. The zero-order valence-electron chi connectivity index (χ0n) is 11.7. The van der Waals surface area contributed by atoms with Gasteiger partial charge in [-0.3, -0.25) is 9.59 Å². The molecule has 0 saturated heterocycles. The maximum Gasteiger partial charge on any atom is 0.238 e. The lowest BCUT2D eigenvalue weighted by atomic mass is 10.1. The third-order valence-electron chi connectivity index (χ3n) is 2.79. The fourth-order valence-corrected chi connectivity index (χ4v) is 1.59. The van der Waals surface area contributed by atoms with Crippen molar-refractivity contribution in [2.24, 2.45) is 17.2 Å². The fourth-order valence-electron chi connectivity index (χ4n) is 1.59. The molecule has 2 atom stereocenters. The van der Waals surface area contributed by atoms with Crippen LogP contribution >= 0.6 is 0 Å². The van der Waals surface area contributed by atoms with Crippen molar-refractivity contribution in [1.29, 1.82) is 0 Å². The van der Waals surface area contributed by atoms with E-state index in [1.165, 1.54) is 0 Å². The summed E-state index contributed by atoms with van der Waals surface area (Å²) in [7, 11) is 0. The van der Waals surface area contributed by atoms with Crippen LogP contribution in [0.3, 0.4) is 0 Å². The highest BCUT2D eigenvalue weighted by atomic mass is 16.2. The van der Waals surface area contributed by atoms with E-state index in [1.807, 2.05) is 6.92 Å². The Balaban J connectivity index is 3.71. The van der Waals surface area contributed by atoms with Crippen molar-refractivity contribution in [2.45, 2.75) is 44.7 Å². The van der Waals surface area contributed by atoms with Gasteiger partial charge in [-0.2, -0.15) is 0 Å². The Morgan fingerprint density at radius 1 is 1.21 bits per heavy atom. The number of unbranched alkanes of at least 4 members (excludes halogenated alkanes) is 1. The molecular formula is C12H27N5O2. The number of carbonyl (C=O) groups is 2. The molecule has 0 aromatic carbocycles. The van der Waals surface area contributed by atoms with Crippen molar-refractivity contribution < 1.29 is 9.59 Å². The van der Waals surface area contributed by atoms with Gasteiger partial charge in [0, 0.05) is 13.1 Å². The zero-order chi connectivity index (χ0) is 14.7. The van der Waals surface area contributed by atoms with Gasteiger partial charge >= 0.3 is 0 Å². The predicted octanol–water partition coefficient (Wildman–Crippen LogP) is -1.59. The summed E-state index contributed by atoms with van der Waals surface area (Å²) >= 11 is 0. The molecule has 0 fully saturated rings. The van der Waals surface area contributed by atoms with Gasteiger partial charge in [0.2, 0.25) is 11.8 Å². The number of carbonyl (C=O) groups excluding carboxylic acids is 2. The van der Waals surface area contributed by atoms with Crippen LogP contribution in [-0.2, 0) is 9.59 Å². The minimum Gasteiger partial charge on any atom is -0.368 e. The minimum absolute atomic E-state index is 0.135. The largest absolute Gasteiger partial charge is 0.368 e. The van der Waals surface area contributed by atoms with Crippen molar-refractivity contribution in [3.63, 3.8) is 0 Å². The molecule has 8 N–H and O–H groups in total. The van der Waals surface area contributed by atoms with Crippen LogP contribution in [0.15, 0.2) is 0 Å². The fraction of sp³-hybridized carbons (Fsp3) is 0.833. The SMILES string of the molecule is CCCN[C@@H](CCCCNC(=O)[C@@H](N)CN)C(N)=O. The number of hydrogen-bond acceptors (Lipinski definition) is 5. The molecule has 0 rings (SSSR count). The van der Waals surface area contributed by atoms with E-state index < -0.39 is 6.04 Å². The van der Waals surface area contributed by atoms with Gasteiger partial charge in [-0.25, -0.2) is 0 Å². The maximum atomic E-state index is 11.3. The Labute approximate surface area is 114 Å². The quantitative estimate of drug-likeness (QED) is 0.289. The smallest absolute Gasteiger partial charge is 0.238 e. The molecule has 7 nitrogen and oxygen atoms in total. The maximum absolute atomic E-state index is 11.3. The lowest BCUT2D eigenvalue weighted by Crippen LogP contribution is -2.45. The molecule has 0 radical (unpaired) electrons. The van der Waals surface area contributed by atoms with E-state index in [1.54, 1.807) is 0 Å². The van der Waals surface area contributed by atoms with Crippen molar-refractivity contribution in [2.75, 3.05) is 19.6 Å². The standard InChI is InChI=1S/C12H27N5O2/c1-2-6-16-10(11(15)18)5-3-4-7-17-12(19)9(14)8-13/h9-10,16H,2-8,13-14H2,1H3,(H2,15,18)(H,17,19)/t9-,10-/m0/s1. The normalized spacial score (nSPS) is 13.8. The van der Waals surface area contributed by atoms with Crippen LogP contribution in [0.5, 0.6) is 0 Å². The highest BCUT2D eigenvalue weighted by molar-refractivity contribution is 5.81. The molecule has 112 valence electrons. The molecular weight excluding hydrogens is 246 g/mol. The predicted molar refractivity (Wildman–Crippen MR) is 75.2 cm³/mol. The third kappa shape index (κ3) is 8.52. The van der Waals surface area contributed by atoms with Crippen molar-refractivity contribution >= 4 is 11.8 Å². The summed E-state index contributed by atoms with van der Waals surface area (Å²) in [4.78, 5) is 22.5. The first-order chi connectivity index (χ1) is 9.02. The molecule has 0 aliphatic carbocycles. The summed E-state index contributed by atoms with van der Waals surface area (Å²) in [5.74, 6) is -0.569. The number of primary amides is 1. The van der Waals surface area contributed by atoms with Gasteiger partial charge in [0.15, 0.2) is 0 Å². The molecule has 0 aliphatic rings. The molecule has 0 bridgehead atoms. The second-order valence-electron chi connectivity index (χ2n) is 4.54. The Hall–Kier alpha value is -1.18. The minimum atomic E-state index is -0.649. The average molecular weight is 273 g/mol. The van der Waals surface area contributed by atoms with Crippen LogP contribution in [0.2, 0.25) is 0 Å². The average Bonchev–Trinajstić information content (AvgIpc) is 2.40. The van der Waals surface area contributed by atoms with E-state index in [9.17, 15) is 9.59 Å². The Kier molecular flexibility index (Phi) is 10.1. The Morgan fingerprint density at radius 3 is 2.42 bits per heavy atom. The third-order valence-corrected chi connectivity index (χ3v) is 2.79. The number of nitrogens with one attached hydrogen (secondary N) is 2. The van der Waals surface area contributed by atoms with Crippen LogP contribution in [0.1, 0.15) is 32.6 Å². The summed E-state index contributed by atoms with van der Waals surface area (Å²) in [6.45, 7) is 3.47. The van der Waals surface area contributed by atoms with Gasteiger partial charge in [0.05, 0.1) is 12.1 Å². The van der Waals surface area contributed by atoms with Crippen molar-refractivity contribution in [1.82, 2.24) is 10.6 Å². The molecule has 0 spiro atoms. The van der Waals surface area contributed by atoms with Crippen LogP contribution in [0.25, 0.3) is 0 Å². The first-order valence-corrected chi connectivity index (χ1v) is 6.79. The number of amides is 2. The van der Waals surface area contributed by atoms with E-state index >= 15 is 0 Å². The van der Waals surface area contributed by atoms with Crippen LogP contribution in [-0.4, -0.2) is 43.5 Å². The van der Waals surface area contributed by atoms with Gasteiger partial charge < -0.3 is 27.8 Å². The lowest BCUT2D eigenvalue weighted by Gasteiger charge is -2.15. The summed E-state index contributed by atoms with van der Waals surface area (Å²) in [5, 5.41) is 5.80. The highest BCUT2D eigenvalue weighted by Crippen LogP contribution is 2.00. The van der Waals surface area contributed by atoms with Crippen molar-refractivity contribution in [3.8, 4) is 0 Å². The van der Waals surface area contributed by atoms with Crippen LogP contribution in [0.4, 0.5) is 0 Å². The first kappa shape index (κ1) is 17.8. The first-order valence-electron chi connectivity index (χ1n) is 6.79. The van der Waals surface area contributed by atoms with Gasteiger partial charge in [-0.1, -0.05) is 6.92 Å². The number of hydrogen-bond donors (Lipinski definition) is 5. The van der Waals surface area contributed by atoms with Crippen LogP contribution < -0.4 is 27.8 Å². The van der Waals surface area contributed by atoms with Gasteiger partial charge in [-0.15, -0.1) is 0 Å². The van der Waals surface area contributed by atoms with E-state index in [4.69, 9.17) is 17.2 Å². The topological polar surface area (TPSA) is 136 Å². The highest BCUT2D eigenvalue weighted by Gasteiger charge is 2.13. The van der Waals surface area contributed by atoms with Crippen molar-refractivity contribution in [3.05, 3.63) is 0 Å². The molecule has 0 heterocycles. The van der Waals surface area contributed by atoms with Gasteiger partial charge in [0.25, 0.3) is 0 Å². The monoisotopic (exact) mass is 273 g/mol. The molecule has 2 amide bonds. The summed E-state index contributed by atoms with van der Waals surface area (Å²) in [6, 6.07) is -0.938. The number of rotatable bonds is 11. The van der Waals surface area contributed by atoms with E-state index in [2.05, 4.69) is 10.6 Å². The van der Waals surface area contributed by atoms with E-state index in [0.29, 0.717) is 13.0 Å². The molecule has 0 aromatic rings. The van der Waals surface area contributed by atoms with E-state index in [-0.39, 0.29) is 24.4 Å². The summed E-state index contributed by atoms with van der Waals surface area (Å²) in [5.41, 5.74) is 16.0. The summed E-state index contributed by atoms with van der Waals surface area (Å²) in [6.07, 6.45) is 3.22.